The fraction of sp³-hybridized carbons (Fsp3) is 0.562. The van der Waals surface area contributed by atoms with Crippen LogP contribution in [0.5, 0.6) is 0 Å². The molecule has 0 heterocycles. The smallest absolute Gasteiger partial charge is 0.234 e. The number of carbonyl (C=O) groups is 1. The van der Waals surface area contributed by atoms with Gasteiger partial charge in [-0.2, -0.15) is 0 Å². The molecule has 118 valence electrons. The Morgan fingerprint density at radius 1 is 1.33 bits per heavy atom. The fourth-order valence-corrected chi connectivity index (χ4v) is 2.01. The van der Waals surface area contributed by atoms with Gasteiger partial charge in [0.2, 0.25) is 5.91 Å². The van der Waals surface area contributed by atoms with Gasteiger partial charge in [0.1, 0.15) is 0 Å². The Morgan fingerprint density at radius 3 is 2.71 bits per heavy atom. The normalized spacial score (nSPS) is 15.1. The number of benzene rings is 1. The first-order valence-corrected chi connectivity index (χ1v) is 7.36. The molecule has 0 spiro atoms. The molecule has 2 rings (SSSR count). The van der Waals surface area contributed by atoms with Gasteiger partial charge in [-0.25, -0.2) is 0 Å². The summed E-state index contributed by atoms with van der Waals surface area (Å²) >= 11 is 0. The highest BCUT2D eigenvalue weighted by molar-refractivity contribution is 5.85. The van der Waals surface area contributed by atoms with Crippen molar-refractivity contribution in [1.29, 1.82) is 0 Å². The molecule has 0 saturated heterocycles. The summed E-state index contributed by atoms with van der Waals surface area (Å²) in [6.07, 6.45) is 2.61. The van der Waals surface area contributed by atoms with E-state index in [4.69, 9.17) is 4.74 Å². The van der Waals surface area contributed by atoms with E-state index in [0.717, 1.165) is 18.0 Å². The maximum atomic E-state index is 11.7. The summed E-state index contributed by atoms with van der Waals surface area (Å²) in [6.45, 7) is 4.44. The SMILES string of the molecule is CC(COCc1ccccc1)NC(=O)CNCC1CC1.Cl. The third kappa shape index (κ3) is 8.05. The highest BCUT2D eigenvalue weighted by Gasteiger charge is 2.20. The largest absolute Gasteiger partial charge is 0.375 e. The molecule has 1 aromatic rings. The van der Waals surface area contributed by atoms with E-state index in [1.54, 1.807) is 0 Å². The summed E-state index contributed by atoms with van der Waals surface area (Å²) in [5, 5.41) is 6.12. The Labute approximate surface area is 133 Å². The lowest BCUT2D eigenvalue weighted by atomic mass is 10.2. The molecule has 0 bridgehead atoms. The van der Waals surface area contributed by atoms with E-state index in [1.165, 1.54) is 12.8 Å². The van der Waals surface area contributed by atoms with Crippen molar-refractivity contribution >= 4 is 18.3 Å². The minimum Gasteiger partial charge on any atom is -0.375 e. The second-order valence-corrected chi connectivity index (χ2v) is 5.54. The average molecular weight is 313 g/mol. The topological polar surface area (TPSA) is 50.4 Å². The quantitative estimate of drug-likeness (QED) is 0.734. The van der Waals surface area contributed by atoms with E-state index in [1.807, 2.05) is 37.3 Å². The number of rotatable bonds is 9. The molecular weight excluding hydrogens is 288 g/mol. The van der Waals surface area contributed by atoms with Gasteiger partial charge in [-0.1, -0.05) is 30.3 Å². The molecule has 1 aliphatic rings. The highest BCUT2D eigenvalue weighted by Crippen LogP contribution is 2.27. The Kier molecular flexibility index (Phi) is 8.35. The summed E-state index contributed by atoms with van der Waals surface area (Å²) < 4.78 is 5.60. The molecule has 1 fully saturated rings. The van der Waals surface area contributed by atoms with Crippen molar-refractivity contribution in [3.63, 3.8) is 0 Å². The van der Waals surface area contributed by atoms with Crippen molar-refractivity contribution in [3.05, 3.63) is 35.9 Å². The summed E-state index contributed by atoms with van der Waals surface area (Å²) in [5.74, 6) is 0.843. The van der Waals surface area contributed by atoms with Gasteiger partial charge in [0.05, 0.1) is 19.8 Å². The van der Waals surface area contributed by atoms with E-state index < -0.39 is 0 Å². The van der Waals surface area contributed by atoms with Crippen molar-refractivity contribution < 1.29 is 9.53 Å². The van der Waals surface area contributed by atoms with Crippen LogP contribution in [0.4, 0.5) is 0 Å². The number of amides is 1. The molecule has 21 heavy (non-hydrogen) atoms. The monoisotopic (exact) mass is 312 g/mol. The lowest BCUT2D eigenvalue weighted by Crippen LogP contribution is -2.41. The Balaban J connectivity index is 0.00000220. The number of carbonyl (C=O) groups excluding carboxylic acids is 1. The summed E-state index contributed by atoms with van der Waals surface area (Å²) in [7, 11) is 0. The second-order valence-electron chi connectivity index (χ2n) is 5.54. The van der Waals surface area contributed by atoms with Crippen LogP contribution in [0.2, 0.25) is 0 Å². The molecule has 1 amide bonds. The highest BCUT2D eigenvalue weighted by atomic mass is 35.5. The molecule has 1 atom stereocenters. The molecule has 5 heteroatoms. The third-order valence-electron chi connectivity index (χ3n) is 3.30. The van der Waals surface area contributed by atoms with Crippen LogP contribution in [0, 0.1) is 5.92 Å². The van der Waals surface area contributed by atoms with Crippen LogP contribution in [-0.4, -0.2) is 31.6 Å². The molecule has 1 aromatic carbocycles. The molecule has 1 aliphatic carbocycles. The lowest BCUT2D eigenvalue weighted by Gasteiger charge is -2.14. The van der Waals surface area contributed by atoms with Gasteiger partial charge in [0.25, 0.3) is 0 Å². The molecule has 4 nitrogen and oxygen atoms in total. The van der Waals surface area contributed by atoms with Crippen LogP contribution in [0.15, 0.2) is 30.3 Å². The molecule has 0 aromatic heterocycles. The zero-order valence-corrected chi connectivity index (χ0v) is 13.3. The van der Waals surface area contributed by atoms with Crippen LogP contribution < -0.4 is 10.6 Å². The van der Waals surface area contributed by atoms with Crippen molar-refractivity contribution in [3.8, 4) is 0 Å². The van der Waals surface area contributed by atoms with Crippen molar-refractivity contribution in [2.75, 3.05) is 19.7 Å². The van der Waals surface area contributed by atoms with Crippen molar-refractivity contribution in [1.82, 2.24) is 10.6 Å². The molecule has 0 radical (unpaired) electrons. The predicted molar refractivity (Wildman–Crippen MR) is 86.5 cm³/mol. The maximum absolute atomic E-state index is 11.7. The first-order chi connectivity index (χ1) is 9.74. The van der Waals surface area contributed by atoms with Crippen LogP contribution in [0.1, 0.15) is 25.3 Å². The van der Waals surface area contributed by atoms with Crippen molar-refractivity contribution in [2.24, 2.45) is 5.92 Å². The van der Waals surface area contributed by atoms with E-state index in [0.29, 0.717) is 19.8 Å². The van der Waals surface area contributed by atoms with Gasteiger partial charge in [0.15, 0.2) is 0 Å². The van der Waals surface area contributed by atoms with Gasteiger partial charge < -0.3 is 15.4 Å². The summed E-state index contributed by atoms with van der Waals surface area (Å²) in [5.41, 5.74) is 1.15. The Morgan fingerprint density at radius 2 is 2.05 bits per heavy atom. The minimum absolute atomic E-state index is 0. The van der Waals surface area contributed by atoms with Gasteiger partial charge >= 0.3 is 0 Å². The third-order valence-corrected chi connectivity index (χ3v) is 3.30. The fourth-order valence-electron chi connectivity index (χ4n) is 2.01. The van der Waals surface area contributed by atoms with Crippen LogP contribution >= 0.6 is 12.4 Å². The van der Waals surface area contributed by atoms with Gasteiger partial charge in [-0.15, -0.1) is 12.4 Å². The zero-order valence-electron chi connectivity index (χ0n) is 12.5. The van der Waals surface area contributed by atoms with E-state index in [-0.39, 0.29) is 24.4 Å². The van der Waals surface area contributed by atoms with E-state index in [2.05, 4.69) is 10.6 Å². The molecular formula is C16H25ClN2O2. The Bertz CT molecular complexity index is 410. The molecule has 1 saturated carbocycles. The van der Waals surface area contributed by atoms with Crippen LogP contribution in [0.3, 0.4) is 0 Å². The summed E-state index contributed by atoms with van der Waals surface area (Å²) in [6, 6.07) is 10.1. The predicted octanol–water partition coefficient (Wildman–Crippen LogP) is 2.13. The van der Waals surface area contributed by atoms with Crippen LogP contribution in [0.25, 0.3) is 0 Å². The second kappa shape index (κ2) is 9.77. The average Bonchev–Trinajstić information content (AvgIpc) is 3.24. The van der Waals surface area contributed by atoms with Crippen LogP contribution in [-0.2, 0) is 16.1 Å². The van der Waals surface area contributed by atoms with E-state index in [9.17, 15) is 4.79 Å². The first kappa shape index (κ1) is 18.0. The van der Waals surface area contributed by atoms with E-state index >= 15 is 0 Å². The molecule has 0 aliphatic heterocycles. The number of halogens is 1. The number of nitrogens with one attached hydrogen (secondary N) is 2. The maximum Gasteiger partial charge on any atom is 0.234 e. The minimum atomic E-state index is 0. The number of hydrogen-bond acceptors (Lipinski definition) is 3. The number of hydrogen-bond donors (Lipinski definition) is 2. The van der Waals surface area contributed by atoms with Gasteiger partial charge in [-0.3, -0.25) is 4.79 Å². The van der Waals surface area contributed by atoms with Gasteiger partial charge in [-0.05, 0) is 37.8 Å². The first-order valence-electron chi connectivity index (χ1n) is 7.36. The van der Waals surface area contributed by atoms with Crippen molar-refractivity contribution in [2.45, 2.75) is 32.4 Å². The zero-order chi connectivity index (χ0) is 14.2. The molecule has 1 unspecified atom stereocenters. The molecule has 2 N–H and O–H groups in total. The lowest BCUT2D eigenvalue weighted by molar-refractivity contribution is -0.121. The van der Waals surface area contributed by atoms with Gasteiger partial charge in [0, 0.05) is 6.04 Å². The standard InChI is InChI=1S/C16H24N2O2.ClH/c1-13(11-20-12-15-5-3-2-4-6-15)18-16(19)10-17-9-14-7-8-14;/h2-6,13-14,17H,7-12H2,1H3,(H,18,19);1H. The summed E-state index contributed by atoms with van der Waals surface area (Å²) in [4.78, 5) is 11.7. The number of ether oxygens (including phenoxy) is 1. The Hall–Kier alpha value is -1.10.